The van der Waals surface area contributed by atoms with Gasteiger partial charge in [-0.15, -0.1) is 6.58 Å². The Morgan fingerprint density at radius 3 is 2.71 bits per heavy atom. The summed E-state index contributed by atoms with van der Waals surface area (Å²) in [6, 6.07) is 0. The van der Waals surface area contributed by atoms with Crippen molar-refractivity contribution in [3.05, 3.63) is 36.5 Å². The van der Waals surface area contributed by atoms with Gasteiger partial charge in [-0.05, 0) is 77.4 Å². The SMILES string of the molecule is C=C[C@](O)(C/C=C/[C@@H]1[C@H]2CC(CCCCCN(C)C)=C[C@H]2C[C@H]1O)CCCC. The van der Waals surface area contributed by atoms with Gasteiger partial charge in [-0.1, -0.05) is 56.1 Å². The number of fused-ring (bicyclic) bond motifs is 1. The van der Waals surface area contributed by atoms with Crippen LogP contribution < -0.4 is 0 Å². The fourth-order valence-corrected chi connectivity index (χ4v) is 4.95. The smallest absolute Gasteiger partial charge is 0.0859 e. The first-order valence-electron chi connectivity index (χ1n) is 11.4. The monoisotopic (exact) mass is 389 g/mol. The van der Waals surface area contributed by atoms with Crippen LogP contribution in [0.1, 0.15) is 71.1 Å². The van der Waals surface area contributed by atoms with E-state index in [0.29, 0.717) is 18.3 Å². The minimum atomic E-state index is -0.804. The highest BCUT2D eigenvalue weighted by atomic mass is 16.3. The van der Waals surface area contributed by atoms with E-state index in [4.69, 9.17) is 0 Å². The van der Waals surface area contributed by atoms with Gasteiger partial charge in [0.1, 0.15) is 0 Å². The van der Waals surface area contributed by atoms with Gasteiger partial charge in [-0.3, -0.25) is 0 Å². The molecule has 0 spiro atoms. The van der Waals surface area contributed by atoms with E-state index in [1.54, 1.807) is 11.6 Å². The number of aliphatic hydroxyl groups excluding tert-OH is 1. The maximum atomic E-state index is 10.7. The molecule has 0 aromatic rings. The van der Waals surface area contributed by atoms with Crippen LogP contribution in [0.2, 0.25) is 0 Å². The van der Waals surface area contributed by atoms with Gasteiger partial charge in [0.2, 0.25) is 0 Å². The molecule has 0 saturated heterocycles. The van der Waals surface area contributed by atoms with Gasteiger partial charge in [-0.2, -0.15) is 0 Å². The van der Waals surface area contributed by atoms with Crippen molar-refractivity contribution in [2.24, 2.45) is 17.8 Å². The van der Waals surface area contributed by atoms with E-state index in [2.05, 4.69) is 50.7 Å². The first kappa shape index (κ1) is 23.4. The molecule has 2 aliphatic rings. The van der Waals surface area contributed by atoms with Crippen LogP contribution in [0.5, 0.6) is 0 Å². The van der Waals surface area contributed by atoms with E-state index in [9.17, 15) is 10.2 Å². The van der Waals surface area contributed by atoms with Crippen LogP contribution in [0.3, 0.4) is 0 Å². The van der Waals surface area contributed by atoms with E-state index in [1.807, 2.05) is 0 Å². The Labute approximate surface area is 173 Å². The normalized spacial score (nSPS) is 29.3. The lowest BCUT2D eigenvalue weighted by Crippen LogP contribution is -2.24. The van der Waals surface area contributed by atoms with Crippen molar-refractivity contribution >= 4 is 0 Å². The molecule has 1 fully saturated rings. The molecule has 3 nitrogen and oxygen atoms in total. The lowest BCUT2D eigenvalue weighted by Gasteiger charge is -2.23. The Balaban J connectivity index is 1.80. The lowest BCUT2D eigenvalue weighted by molar-refractivity contribution is 0.0819. The third kappa shape index (κ3) is 6.86. The van der Waals surface area contributed by atoms with Gasteiger partial charge in [0.15, 0.2) is 0 Å². The number of unbranched alkanes of at least 4 members (excludes halogenated alkanes) is 3. The van der Waals surface area contributed by atoms with Gasteiger partial charge < -0.3 is 15.1 Å². The first-order valence-corrected chi connectivity index (χ1v) is 11.4. The molecule has 28 heavy (non-hydrogen) atoms. The quantitative estimate of drug-likeness (QED) is 0.340. The largest absolute Gasteiger partial charge is 0.392 e. The Hall–Kier alpha value is -0.900. The van der Waals surface area contributed by atoms with Crippen molar-refractivity contribution < 1.29 is 10.2 Å². The Kier molecular flexibility index (Phi) is 9.46. The molecule has 3 heteroatoms. The zero-order valence-electron chi connectivity index (χ0n) is 18.4. The van der Waals surface area contributed by atoms with Crippen molar-refractivity contribution in [2.75, 3.05) is 20.6 Å². The van der Waals surface area contributed by atoms with E-state index in [-0.39, 0.29) is 12.0 Å². The number of hydrogen-bond acceptors (Lipinski definition) is 3. The van der Waals surface area contributed by atoms with E-state index < -0.39 is 5.60 Å². The number of hydrogen-bond donors (Lipinski definition) is 2. The average molecular weight is 390 g/mol. The van der Waals surface area contributed by atoms with Crippen molar-refractivity contribution in [2.45, 2.75) is 82.8 Å². The minimum Gasteiger partial charge on any atom is -0.392 e. The molecule has 1 saturated carbocycles. The summed E-state index contributed by atoms with van der Waals surface area (Å²) in [5.41, 5.74) is 0.803. The van der Waals surface area contributed by atoms with E-state index in [0.717, 1.165) is 32.1 Å². The van der Waals surface area contributed by atoms with E-state index >= 15 is 0 Å². The summed E-state index contributed by atoms with van der Waals surface area (Å²) in [7, 11) is 4.28. The fourth-order valence-electron chi connectivity index (χ4n) is 4.95. The van der Waals surface area contributed by atoms with Crippen molar-refractivity contribution in [1.29, 1.82) is 0 Å². The highest BCUT2D eigenvalue weighted by Crippen LogP contribution is 2.48. The van der Waals surface area contributed by atoms with Crippen LogP contribution in [0, 0.1) is 17.8 Å². The molecule has 2 aliphatic carbocycles. The van der Waals surface area contributed by atoms with Crippen LogP contribution in [-0.2, 0) is 0 Å². The second kappa shape index (κ2) is 11.3. The minimum absolute atomic E-state index is 0.229. The molecule has 5 atom stereocenters. The topological polar surface area (TPSA) is 43.7 Å². The second-order valence-electron chi connectivity index (χ2n) is 9.39. The Bertz CT molecular complexity index is 539. The third-order valence-electron chi connectivity index (χ3n) is 6.73. The average Bonchev–Trinajstić information content (AvgIpc) is 3.17. The lowest BCUT2D eigenvalue weighted by atomic mass is 9.87. The molecule has 2 N–H and O–H groups in total. The van der Waals surface area contributed by atoms with Gasteiger partial charge in [0.05, 0.1) is 11.7 Å². The summed E-state index contributed by atoms with van der Waals surface area (Å²) >= 11 is 0. The summed E-state index contributed by atoms with van der Waals surface area (Å²) in [6.07, 6.45) is 18.8. The summed E-state index contributed by atoms with van der Waals surface area (Å²) < 4.78 is 0. The van der Waals surface area contributed by atoms with Crippen molar-refractivity contribution in [1.82, 2.24) is 4.90 Å². The highest BCUT2D eigenvalue weighted by Gasteiger charge is 2.43. The van der Waals surface area contributed by atoms with Gasteiger partial charge >= 0.3 is 0 Å². The molecule has 0 aromatic carbocycles. The molecule has 0 bridgehead atoms. The molecular weight excluding hydrogens is 346 g/mol. The van der Waals surface area contributed by atoms with Crippen molar-refractivity contribution in [3.8, 4) is 0 Å². The first-order chi connectivity index (χ1) is 13.4. The standard InChI is InChI=1S/C25H43NO2/c1-5-7-14-25(28,6-2)15-11-13-22-23-18-20(17-21(23)19-24(22)27)12-9-8-10-16-26(3)4/h6,11,13,17,21-24,27-28H,2,5,7-10,12,14-16,18-19H2,1,3-4H3/b13-11+/t21-,22+,23-,24+,25+/m0/s1. The summed E-state index contributed by atoms with van der Waals surface area (Å²) in [6.45, 7) is 7.14. The van der Waals surface area contributed by atoms with E-state index in [1.165, 1.54) is 32.2 Å². The summed E-state index contributed by atoms with van der Waals surface area (Å²) in [4.78, 5) is 2.26. The number of aliphatic hydroxyl groups is 2. The molecule has 0 radical (unpaired) electrons. The molecule has 0 aliphatic heterocycles. The van der Waals surface area contributed by atoms with Gasteiger partial charge in [0, 0.05) is 5.92 Å². The van der Waals surface area contributed by atoms with Crippen LogP contribution in [0.4, 0.5) is 0 Å². The predicted octanol–water partition coefficient (Wildman–Crippen LogP) is 5.11. The number of nitrogens with zero attached hydrogens (tertiary/aromatic N) is 1. The van der Waals surface area contributed by atoms with Gasteiger partial charge in [0.25, 0.3) is 0 Å². The highest BCUT2D eigenvalue weighted by molar-refractivity contribution is 5.21. The number of allylic oxidation sites excluding steroid dienone is 2. The molecule has 0 heterocycles. The molecule has 0 unspecified atom stereocenters. The molecule has 2 rings (SSSR count). The summed E-state index contributed by atoms with van der Waals surface area (Å²) in [5.74, 6) is 1.32. The second-order valence-corrected chi connectivity index (χ2v) is 9.39. The fraction of sp³-hybridized carbons (Fsp3) is 0.760. The predicted molar refractivity (Wildman–Crippen MR) is 119 cm³/mol. The molecule has 160 valence electrons. The summed E-state index contributed by atoms with van der Waals surface area (Å²) in [5, 5.41) is 21.2. The maximum absolute atomic E-state index is 10.7. The molecule has 0 amide bonds. The zero-order chi connectivity index (χ0) is 20.6. The van der Waals surface area contributed by atoms with Crippen LogP contribution >= 0.6 is 0 Å². The number of rotatable bonds is 13. The Morgan fingerprint density at radius 2 is 2.04 bits per heavy atom. The third-order valence-corrected chi connectivity index (χ3v) is 6.73. The maximum Gasteiger partial charge on any atom is 0.0859 e. The zero-order valence-corrected chi connectivity index (χ0v) is 18.4. The van der Waals surface area contributed by atoms with Crippen LogP contribution in [0.25, 0.3) is 0 Å². The molecular formula is C25H43NO2. The Morgan fingerprint density at radius 1 is 1.25 bits per heavy atom. The van der Waals surface area contributed by atoms with Crippen LogP contribution in [-0.4, -0.2) is 47.5 Å². The van der Waals surface area contributed by atoms with Crippen LogP contribution in [0.15, 0.2) is 36.5 Å². The molecule has 0 aromatic heterocycles. The van der Waals surface area contributed by atoms with Crippen molar-refractivity contribution in [3.63, 3.8) is 0 Å². The van der Waals surface area contributed by atoms with Gasteiger partial charge in [-0.25, -0.2) is 0 Å².